The standard InChI is InChI=1S/C16H25N3O2/c1-12(2)15(19-8-4-3-5-9-19)16(21)18-11-13-6-7-14(20)17-10-13/h6-7,10,12,15H,3-5,8-9,11H2,1-2H3,(H,17,20)(H,18,21)/t15-/m0/s1. The highest BCUT2D eigenvalue weighted by Crippen LogP contribution is 2.17. The zero-order chi connectivity index (χ0) is 15.2. The average Bonchev–Trinajstić information content (AvgIpc) is 2.47. The van der Waals surface area contributed by atoms with Gasteiger partial charge in [0.1, 0.15) is 0 Å². The lowest BCUT2D eigenvalue weighted by atomic mass is 9.98. The number of amides is 1. The maximum atomic E-state index is 12.5. The fraction of sp³-hybridized carbons (Fsp3) is 0.625. The SMILES string of the molecule is CC(C)[C@@H](C(=O)NCc1ccc(=O)[nH]c1)N1CCCCC1. The van der Waals surface area contributed by atoms with E-state index < -0.39 is 0 Å². The first kappa shape index (κ1) is 15.8. The number of H-pyrrole nitrogens is 1. The molecule has 5 heteroatoms. The van der Waals surface area contributed by atoms with Crippen molar-refractivity contribution in [2.75, 3.05) is 13.1 Å². The number of likely N-dealkylation sites (tertiary alicyclic amines) is 1. The third kappa shape index (κ3) is 4.43. The lowest BCUT2D eigenvalue weighted by Crippen LogP contribution is -2.51. The van der Waals surface area contributed by atoms with Crippen LogP contribution in [0.1, 0.15) is 38.7 Å². The first-order chi connectivity index (χ1) is 10.1. The number of nitrogens with one attached hydrogen (secondary N) is 2. The Morgan fingerprint density at radius 3 is 2.57 bits per heavy atom. The molecule has 1 saturated heterocycles. The zero-order valence-corrected chi connectivity index (χ0v) is 12.9. The molecule has 1 aromatic heterocycles. The molecule has 21 heavy (non-hydrogen) atoms. The Hall–Kier alpha value is -1.62. The summed E-state index contributed by atoms with van der Waals surface area (Å²) in [5.41, 5.74) is 0.780. The molecule has 1 aliphatic heterocycles. The van der Waals surface area contributed by atoms with Gasteiger partial charge in [-0.05, 0) is 37.4 Å². The van der Waals surface area contributed by atoms with Crippen molar-refractivity contribution >= 4 is 5.91 Å². The van der Waals surface area contributed by atoms with Gasteiger partial charge in [-0.1, -0.05) is 26.3 Å². The van der Waals surface area contributed by atoms with Gasteiger partial charge in [0.25, 0.3) is 0 Å². The fourth-order valence-corrected chi connectivity index (χ4v) is 2.93. The zero-order valence-electron chi connectivity index (χ0n) is 12.9. The van der Waals surface area contributed by atoms with Crippen molar-refractivity contribution in [1.82, 2.24) is 15.2 Å². The van der Waals surface area contributed by atoms with E-state index in [0.717, 1.165) is 18.7 Å². The summed E-state index contributed by atoms with van der Waals surface area (Å²) < 4.78 is 0. The van der Waals surface area contributed by atoms with Crippen LogP contribution in [-0.4, -0.2) is 34.9 Å². The first-order valence-electron chi connectivity index (χ1n) is 7.77. The van der Waals surface area contributed by atoms with Crippen molar-refractivity contribution in [3.63, 3.8) is 0 Å². The second kappa shape index (κ2) is 7.41. The van der Waals surface area contributed by atoms with Gasteiger partial charge >= 0.3 is 0 Å². The van der Waals surface area contributed by atoms with E-state index in [4.69, 9.17) is 0 Å². The largest absolute Gasteiger partial charge is 0.351 e. The molecule has 1 aromatic rings. The van der Waals surface area contributed by atoms with Crippen LogP contribution in [0.15, 0.2) is 23.1 Å². The minimum Gasteiger partial charge on any atom is -0.351 e. The van der Waals surface area contributed by atoms with Gasteiger partial charge in [0, 0.05) is 18.8 Å². The number of hydrogen-bond donors (Lipinski definition) is 2. The Balaban J connectivity index is 1.95. The van der Waals surface area contributed by atoms with Crippen molar-refractivity contribution in [2.45, 2.75) is 45.7 Å². The average molecular weight is 291 g/mol. The molecule has 0 bridgehead atoms. The van der Waals surface area contributed by atoms with Crippen LogP contribution in [-0.2, 0) is 11.3 Å². The molecule has 5 nitrogen and oxygen atoms in total. The van der Waals surface area contributed by atoms with Crippen molar-refractivity contribution in [1.29, 1.82) is 0 Å². The van der Waals surface area contributed by atoms with Crippen LogP contribution in [0.4, 0.5) is 0 Å². The molecular weight excluding hydrogens is 266 g/mol. The number of aromatic nitrogens is 1. The molecule has 0 aromatic carbocycles. The highest BCUT2D eigenvalue weighted by atomic mass is 16.2. The van der Waals surface area contributed by atoms with E-state index in [1.807, 2.05) is 0 Å². The van der Waals surface area contributed by atoms with Gasteiger partial charge in [0.2, 0.25) is 11.5 Å². The van der Waals surface area contributed by atoms with Gasteiger partial charge in [-0.15, -0.1) is 0 Å². The van der Waals surface area contributed by atoms with Gasteiger partial charge in [-0.2, -0.15) is 0 Å². The number of hydrogen-bond acceptors (Lipinski definition) is 3. The molecule has 1 aliphatic rings. The summed E-state index contributed by atoms with van der Waals surface area (Å²) in [6.07, 6.45) is 5.26. The monoisotopic (exact) mass is 291 g/mol. The Bertz CT molecular complexity index is 498. The molecule has 0 saturated carbocycles. The summed E-state index contributed by atoms with van der Waals surface area (Å²) >= 11 is 0. The number of pyridine rings is 1. The Labute approximate surface area is 125 Å². The molecule has 0 spiro atoms. The Morgan fingerprint density at radius 1 is 1.29 bits per heavy atom. The summed E-state index contributed by atoms with van der Waals surface area (Å²) in [5.74, 6) is 0.372. The molecule has 1 amide bonds. The summed E-state index contributed by atoms with van der Waals surface area (Å²) in [5, 5.41) is 2.99. The highest BCUT2D eigenvalue weighted by Gasteiger charge is 2.29. The maximum Gasteiger partial charge on any atom is 0.247 e. The number of nitrogens with zero attached hydrogens (tertiary/aromatic N) is 1. The van der Waals surface area contributed by atoms with Gasteiger partial charge in [-0.3, -0.25) is 14.5 Å². The van der Waals surface area contributed by atoms with E-state index in [1.165, 1.54) is 25.3 Å². The predicted molar refractivity (Wildman–Crippen MR) is 83.0 cm³/mol. The summed E-state index contributed by atoms with van der Waals surface area (Å²) in [4.78, 5) is 28.4. The molecule has 0 aliphatic carbocycles. The van der Waals surface area contributed by atoms with Gasteiger partial charge in [0.05, 0.1) is 6.04 Å². The van der Waals surface area contributed by atoms with E-state index in [1.54, 1.807) is 12.3 Å². The topological polar surface area (TPSA) is 65.2 Å². The molecule has 0 radical (unpaired) electrons. The van der Waals surface area contributed by atoms with Crippen LogP contribution in [0.3, 0.4) is 0 Å². The molecule has 1 atom stereocenters. The third-order valence-electron chi connectivity index (χ3n) is 4.00. The smallest absolute Gasteiger partial charge is 0.247 e. The Morgan fingerprint density at radius 2 is 2.00 bits per heavy atom. The fourth-order valence-electron chi connectivity index (χ4n) is 2.93. The molecule has 1 fully saturated rings. The quantitative estimate of drug-likeness (QED) is 0.864. The maximum absolute atomic E-state index is 12.5. The molecule has 2 rings (SSSR count). The van der Waals surface area contributed by atoms with Crippen LogP contribution in [0.5, 0.6) is 0 Å². The number of rotatable bonds is 5. The number of carbonyl (C=O) groups excluding carboxylic acids is 1. The first-order valence-corrected chi connectivity index (χ1v) is 7.77. The molecule has 116 valence electrons. The van der Waals surface area contributed by atoms with Crippen molar-refractivity contribution in [2.24, 2.45) is 5.92 Å². The van der Waals surface area contributed by atoms with E-state index in [-0.39, 0.29) is 17.5 Å². The van der Waals surface area contributed by atoms with Crippen LogP contribution in [0.25, 0.3) is 0 Å². The second-order valence-corrected chi connectivity index (χ2v) is 6.06. The summed E-state index contributed by atoms with van der Waals surface area (Å²) in [6, 6.07) is 3.16. The summed E-state index contributed by atoms with van der Waals surface area (Å²) in [7, 11) is 0. The van der Waals surface area contributed by atoms with Crippen LogP contribution in [0.2, 0.25) is 0 Å². The van der Waals surface area contributed by atoms with Crippen LogP contribution < -0.4 is 10.9 Å². The van der Waals surface area contributed by atoms with E-state index in [9.17, 15) is 9.59 Å². The predicted octanol–water partition coefficient (Wildman–Crippen LogP) is 1.50. The lowest BCUT2D eigenvalue weighted by molar-refractivity contribution is -0.128. The van der Waals surface area contributed by atoms with Gasteiger partial charge in [0.15, 0.2) is 0 Å². The number of aromatic amines is 1. The number of piperidine rings is 1. The number of carbonyl (C=O) groups is 1. The molecule has 0 unspecified atom stereocenters. The minimum atomic E-state index is -0.126. The van der Waals surface area contributed by atoms with Crippen molar-refractivity contribution in [3.05, 3.63) is 34.2 Å². The van der Waals surface area contributed by atoms with Crippen molar-refractivity contribution in [3.8, 4) is 0 Å². The van der Waals surface area contributed by atoms with E-state index >= 15 is 0 Å². The van der Waals surface area contributed by atoms with Gasteiger partial charge < -0.3 is 10.3 Å². The summed E-state index contributed by atoms with van der Waals surface area (Å²) in [6.45, 7) is 6.66. The van der Waals surface area contributed by atoms with Crippen LogP contribution >= 0.6 is 0 Å². The Kier molecular flexibility index (Phi) is 5.56. The minimum absolute atomic E-state index is 0.0620. The van der Waals surface area contributed by atoms with Gasteiger partial charge in [-0.25, -0.2) is 0 Å². The molecule has 2 N–H and O–H groups in total. The highest BCUT2D eigenvalue weighted by molar-refractivity contribution is 5.82. The lowest BCUT2D eigenvalue weighted by Gasteiger charge is -2.35. The van der Waals surface area contributed by atoms with Crippen LogP contribution in [0, 0.1) is 5.92 Å². The third-order valence-corrected chi connectivity index (χ3v) is 4.00. The van der Waals surface area contributed by atoms with E-state index in [2.05, 4.69) is 29.0 Å². The molecule has 2 heterocycles. The second-order valence-electron chi connectivity index (χ2n) is 6.06. The normalized spacial score (nSPS) is 17.7. The van der Waals surface area contributed by atoms with Crippen molar-refractivity contribution < 1.29 is 4.79 Å². The molecular formula is C16H25N3O2. The van der Waals surface area contributed by atoms with E-state index in [0.29, 0.717) is 12.5 Å².